The number of rotatable bonds is 9. The summed E-state index contributed by atoms with van der Waals surface area (Å²) in [5, 5.41) is 49.7. The molecular formula is C42H30N6P2. The van der Waals surface area contributed by atoms with Crippen LogP contribution in [0.3, 0.4) is 0 Å². The van der Waals surface area contributed by atoms with Gasteiger partial charge in [0.1, 0.15) is 24.3 Å². The van der Waals surface area contributed by atoms with Gasteiger partial charge < -0.3 is 0 Å². The number of hydrogen-bond acceptors (Lipinski definition) is 6. The second kappa shape index (κ2) is 14.5. The Morgan fingerprint density at radius 1 is 0.300 bits per heavy atom. The van der Waals surface area contributed by atoms with E-state index in [1.165, 1.54) is 0 Å². The number of hydrogen-bond donors (Lipinski definition) is 0. The molecule has 0 heterocycles. The third kappa shape index (κ3) is 5.65. The zero-order valence-corrected chi connectivity index (χ0v) is 28.7. The molecule has 0 aliphatic carbocycles. The summed E-state index contributed by atoms with van der Waals surface area (Å²) in [5.41, 5.74) is -5.18. The van der Waals surface area contributed by atoms with Crippen molar-refractivity contribution in [3.05, 3.63) is 182 Å². The minimum Gasteiger partial charge on any atom is -0.249 e. The van der Waals surface area contributed by atoms with Gasteiger partial charge >= 0.3 is 0 Å². The Hall–Kier alpha value is -6.26. The molecule has 0 radical (unpaired) electrons. The van der Waals surface area contributed by atoms with Gasteiger partial charge in [-0.3, -0.25) is 0 Å². The lowest BCUT2D eigenvalue weighted by Crippen LogP contribution is -2.49. The van der Waals surface area contributed by atoms with E-state index >= 15 is 0 Å². The molecule has 0 N–H and O–H groups in total. The molecule has 0 aromatic heterocycles. The smallest absolute Gasteiger partial charge is 0.249 e. The molecule has 6 aromatic rings. The Bertz CT molecular complexity index is 1960. The van der Waals surface area contributed by atoms with E-state index in [9.17, 15) is 21.0 Å². The topological polar surface area (TPSA) is 120 Å². The van der Waals surface area contributed by atoms with Gasteiger partial charge in [0.2, 0.25) is 0 Å². The molecule has 50 heavy (non-hydrogen) atoms. The van der Waals surface area contributed by atoms with Crippen LogP contribution in [0.2, 0.25) is 0 Å². The molecule has 0 fully saturated rings. The molecule has 0 saturated carbocycles. The summed E-state index contributed by atoms with van der Waals surface area (Å²) < 4.78 is 10.7. The summed E-state index contributed by atoms with van der Waals surface area (Å²) in [6.45, 7) is 0. The second-order valence-electron chi connectivity index (χ2n) is 11.4. The number of benzene rings is 6. The van der Waals surface area contributed by atoms with Crippen molar-refractivity contribution in [1.29, 1.82) is 21.0 Å². The van der Waals surface area contributed by atoms with Crippen LogP contribution in [0, 0.1) is 45.3 Å². The Balaban J connectivity index is 1.86. The summed E-state index contributed by atoms with van der Waals surface area (Å²) in [6.07, 6.45) is 0. The van der Waals surface area contributed by atoms with Crippen LogP contribution >= 0.6 is 14.1 Å². The van der Waals surface area contributed by atoms with Gasteiger partial charge in [-0.2, -0.15) is 21.0 Å². The maximum atomic E-state index is 11.3. The first kappa shape index (κ1) is 33.6. The molecule has 6 aromatic carbocycles. The lowest BCUT2D eigenvalue weighted by molar-refractivity contribution is 0.530. The van der Waals surface area contributed by atoms with Gasteiger partial charge in [-0.15, -0.1) is 0 Å². The van der Waals surface area contributed by atoms with Crippen LogP contribution in [0.15, 0.2) is 191 Å². The molecule has 238 valence electrons. The molecular weight excluding hydrogens is 650 g/mol. The van der Waals surface area contributed by atoms with Crippen LogP contribution in [0.4, 0.5) is 0 Å². The van der Waals surface area contributed by atoms with Gasteiger partial charge in [0.25, 0.3) is 11.1 Å². The molecule has 8 heteroatoms. The number of nitriles is 4. The lowest BCUT2D eigenvalue weighted by atomic mass is 9.82. The van der Waals surface area contributed by atoms with Crippen molar-refractivity contribution in [1.82, 2.24) is 0 Å². The van der Waals surface area contributed by atoms with Crippen molar-refractivity contribution < 1.29 is 0 Å². The van der Waals surface area contributed by atoms with E-state index in [0.717, 1.165) is 31.8 Å². The van der Waals surface area contributed by atoms with Crippen LogP contribution in [0.25, 0.3) is 0 Å². The van der Waals surface area contributed by atoms with E-state index in [0.29, 0.717) is 0 Å². The molecule has 0 aliphatic rings. The van der Waals surface area contributed by atoms with Gasteiger partial charge in [0, 0.05) is 31.8 Å². The van der Waals surface area contributed by atoms with Gasteiger partial charge in [0.15, 0.2) is 0 Å². The van der Waals surface area contributed by atoms with Crippen LogP contribution in [-0.2, 0) is 0 Å². The largest absolute Gasteiger partial charge is 0.283 e. The maximum Gasteiger partial charge on any atom is 0.283 e. The van der Waals surface area contributed by atoms with E-state index in [1.54, 1.807) is 0 Å². The average Bonchev–Trinajstić information content (AvgIpc) is 3.22. The van der Waals surface area contributed by atoms with E-state index in [-0.39, 0.29) is 0 Å². The minimum atomic E-state index is -3.28. The van der Waals surface area contributed by atoms with Gasteiger partial charge in [0.05, 0.1) is 14.1 Å². The minimum absolute atomic E-state index is 0.757. The van der Waals surface area contributed by atoms with E-state index in [1.807, 2.05) is 182 Å². The first-order valence-electron chi connectivity index (χ1n) is 15.8. The predicted molar refractivity (Wildman–Crippen MR) is 203 cm³/mol. The SMILES string of the molecule is N#CC(C#N)(N=P(c1ccccc1)(c1ccccc1)c1ccccc1)C(C#N)(C#N)N=P(c1ccccc1)(c1ccccc1)c1ccccc1. The highest BCUT2D eigenvalue weighted by Gasteiger charge is 2.58. The van der Waals surface area contributed by atoms with E-state index in [2.05, 4.69) is 24.3 Å². The van der Waals surface area contributed by atoms with Crippen molar-refractivity contribution in [3.63, 3.8) is 0 Å². The summed E-state index contributed by atoms with van der Waals surface area (Å²) in [7, 11) is -6.56. The predicted octanol–water partition coefficient (Wildman–Crippen LogP) is 6.91. The Morgan fingerprint density at radius 3 is 0.600 bits per heavy atom. The molecule has 0 aliphatic heterocycles. The van der Waals surface area contributed by atoms with Crippen LogP contribution in [0.5, 0.6) is 0 Å². The third-order valence-corrected chi connectivity index (χ3v) is 16.0. The molecule has 6 nitrogen and oxygen atoms in total. The van der Waals surface area contributed by atoms with Gasteiger partial charge in [-0.25, -0.2) is 9.49 Å². The highest BCUT2D eigenvalue weighted by Crippen LogP contribution is 2.55. The molecule has 0 atom stereocenters. The second-order valence-corrected chi connectivity index (χ2v) is 17.4. The maximum absolute atomic E-state index is 11.3. The first-order valence-corrected chi connectivity index (χ1v) is 19.3. The fourth-order valence-electron chi connectivity index (χ4n) is 6.16. The van der Waals surface area contributed by atoms with E-state index in [4.69, 9.17) is 9.49 Å². The standard InChI is InChI=1S/C42H30N6P2/c43-31-41(32-44,47-49(35-19-7-1-8-20-35,36-21-9-2-10-22-36)37-23-11-3-12-24-37)42(33-45,34-46)48-50(38-25-13-4-14-26-38,39-27-15-5-16-28-39)40-29-17-6-18-30-40/h1-30H. The Kier molecular flexibility index (Phi) is 9.73. The van der Waals surface area contributed by atoms with E-state index < -0.39 is 25.2 Å². The van der Waals surface area contributed by atoms with Crippen LogP contribution in [0.1, 0.15) is 0 Å². The molecule has 0 bridgehead atoms. The van der Waals surface area contributed by atoms with Crippen molar-refractivity contribution in [2.24, 2.45) is 9.49 Å². The Morgan fingerprint density at radius 2 is 0.460 bits per heavy atom. The normalized spacial score (nSPS) is 11.5. The van der Waals surface area contributed by atoms with Gasteiger partial charge in [-0.05, 0) is 0 Å². The molecule has 0 unspecified atom stereocenters. The fraction of sp³-hybridized carbons (Fsp3) is 0.0476. The van der Waals surface area contributed by atoms with Crippen molar-refractivity contribution >= 4 is 45.9 Å². The first-order chi connectivity index (χ1) is 24.5. The third-order valence-electron chi connectivity index (χ3n) is 8.55. The van der Waals surface area contributed by atoms with Gasteiger partial charge in [-0.1, -0.05) is 182 Å². The summed E-state index contributed by atoms with van der Waals surface area (Å²) >= 11 is 0. The molecule has 0 spiro atoms. The zero-order chi connectivity index (χ0) is 34.9. The number of nitrogens with zero attached hydrogens (tertiary/aromatic N) is 6. The summed E-state index contributed by atoms with van der Waals surface area (Å²) in [6, 6.07) is 65.5. The highest BCUT2D eigenvalue weighted by molar-refractivity contribution is 7.88. The van der Waals surface area contributed by atoms with Crippen LogP contribution < -0.4 is 31.8 Å². The quantitative estimate of drug-likeness (QED) is 0.154. The average molecular weight is 681 g/mol. The zero-order valence-electron chi connectivity index (χ0n) is 26.9. The lowest BCUT2D eigenvalue weighted by Gasteiger charge is -2.36. The van der Waals surface area contributed by atoms with Crippen molar-refractivity contribution in [2.75, 3.05) is 0 Å². The monoisotopic (exact) mass is 680 g/mol. The molecule has 6 rings (SSSR count). The fourth-order valence-corrected chi connectivity index (χ4v) is 13.6. The van der Waals surface area contributed by atoms with Crippen molar-refractivity contribution in [2.45, 2.75) is 11.1 Å². The van der Waals surface area contributed by atoms with Crippen molar-refractivity contribution in [3.8, 4) is 24.3 Å². The summed E-state index contributed by atoms with van der Waals surface area (Å²) in [5.74, 6) is 0. The highest BCUT2D eigenvalue weighted by atomic mass is 31.2. The van der Waals surface area contributed by atoms with Crippen LogP contribution in [-0.4, -0.2) is 11.1 Å². The summed E-state index contributed by atoms with van der Waals surface area (Å²) in [4.78, 5) is 0. The molecule has 0 amide bonds. The Labute approximate surface area is 292 Å². The molecule has 0 saturated heterocycles.